The Morgan fingerprint density at radius 2 is 1.49 bits per heavy atom. The van der Waals surface area contributed by atoms with Crippen molar-refractivity contribution in [3.8, 4) is 23.0 Å². The third kappa shape index (κ3) is 6.26. The lowest BCUT2D eigenvalue weighted by molar-refractivity contribution is -0.120. The lowest BCUT2D eigenvalue weighted by atomic mass is 10.0. The number of amides is 1. The van der Waals surface area contributed by atoms with Crippen LogP contribution in [0.1, 0.15) is 24.9 Å². The number of sulfonamides is 1. The molecule has 3 rings (SSSR count). The third-order valence-corrected chi connectivity index (χ3v) is 7.60. The van der Waals surface area contributed by atoms with Crippen LogP contribution in [0.15, 0.2) is 71.6 Å². The van der Waals surface area contributed by atoms with E-state index in [0.717, 1.165) is 9.87 Å². The summed E-state index contributed by atoms with van der Waals surface area (Å²) in [5, 5.41) is 2.95. The molecule has 0 aliphatic carbocycles. The molecule has 0 spiro atoms. The molecule has 0 aliphatic rings. The second-order valence-electron chi connectivity index (χ2n) is 8.01. The summed E-state index contributed by atoms with van der Waals surface area (Å²) in [6.07, 6.45) is 0.565. The zero-order chi connectivity index (χ0) is 27.0. The van der Waals surface area contributed by atoms with Crippen molar-refractivity contribution in [2.24, 2.45) is 0 Å². The number of benzene rings is 3. The summed E-state index contributed by atoms with van der Waals surface area (Å²) < 4.78 is 49.9. The van der Waals surface area contributed by atoms with Gasteiger partial charge in [0.25, 0.3) is 10.0 Å². The van der Waals surface area contributed by atoms with Gasteiger partial charge in [-0.05, 0) is 48.4 Å². The van der Waals surface area contributed by atoms with Gasteiger partial charge in [-0.25, -0.2) is 8.42 Å². The first-order valence-corrected chi connectivity index (χ1v) is 13.0. The van der Waals surface area contributed by atoms with Crippen LogP contribution in [-0.4, -0.2) is 49.3 Å². The van der Waals surface area contributed by atoms with Gasteiger partial charge in [0.2, 0.25) is 5.91 Å². The molecule has 0 fully saturated rings. The Morgan fingerprint density at radius 3 is 2.08 bits per heavy atom. The molecule has 198 valence electrons. The number of rotatable bonds is 12. The lowest BCUT2D eigenvalue weighted by Crippen LogP contribution is -2.42. The van der Waals surface area contributed by atoms with Crippen molar-refractivity contribution in [2.45, 2.75) is 24.3 Å². The predicted octanol–water partition coefficient (Wildman–Crippen LogP) is 4.18. The Morgan fingerprint density at radius 1 is 0.838 bits per heavy atom. The van der Waals surface area contributed by atoms with E-state index in [9.17, 15) is 13.2 Å². The van der Waals surface area contributed by atoms with Crippen LogP contribution in [0, 0.1) is 0 Å². The highest BCUT2D eigenvalue weighted by Gasteiger charge is 2.30. The second-order valence-corrected chi connectivity index (χ2v) is 9.87. The fourth-order valence-corrected chi connectivity index (χ4v) is 5.32. The molecule has 1 amide bonds. The summed E-state index contributed by atoms with van der Waals surface area (Å²) >= 11 is 0. The molecule has 0 saturated carbocycles. The maximum atomic E-state index is 13.7. The maximum Gasteiger partial charge on any atom is 0.264 e. The van der Waals surface area contributed by atoms with Crippen LogP contribution >= 0.6 is 0 Å². The molecule has 1 N–H and O–H groups in total. The first kappa shape index (κ1) is 27.7. The van der Waals surface area contributed by atoms with Crippen molar-refractivity contribution in [2.75, 3.05) is 39.3 Å². The van der Waals surface area contributed by atoms with Crippen molar-refractivity contribution in [3.05, 3.63) is 72.3 Å². The zero-order valence-corrected chi connectivity index (χ0v) is 22.4. The van der Waals surface area contributed by atoms with Crippen LogP contribution in [-0.2, 0) is 14.8 Å². The average Bonchev–Trinajstić information content (AvgIpc) is 2.94. The van der Waals surface area contributed by atoms with Crippen molar-refractivity contribution >= 4 is 21.6 Å². The van der Waals surface area contributed by atoms with Gasteiger partial charge in [0.1, 0.15) is 18.0 Å². The quantitative estimate of drug-likeness (QED) is 0.376. The summed E-state index contributed by atoms with van der Waals surface area (Å²) in [5.74, 6) is 1.30. The minimum Gasteiger partial charge on any atom is -0.497 e. The number of methoxy groups -OCH3 is 4. The summed E-state index contributed by atoms with van der Waals surface area (Å²) in [6, 6.07) is 17.7. The molecule has 1 atom stereocenters. The van der Waals surface area contributed by atoms with Gasteiger partial charge in [0.15, 0.2) is 11.5 Å². The van der Waals surface area contributed by atoms with Gasteiger partial charge in [-0.1, -0.05) is 31.2 Å². The summed E-state index contributed by atoms with van der Waals surface area (Å²) in [6.45, 7) is 1.44. The molecular formula is C27H32N2O7S. The number of hydrogen-bond donors (Lipinski definition) is 1. The van der Waals surface area contributed by atoms with E-state index in [-0.39, 0.29) is 22.4 Å². The standard InChI is InChI=1S/C27H32N2O7S/c1-6-22(19-12-14-25(35-4)26(16-19)36-5)28-27(30)18-29(37(31,32)21-10-8-7-9-11-21)23-17-20(33-2)13-15-24(23)34-3/h7-17,22H,6,18H2,1-5H3,(H,28,30). The zero-order valence-electron chi connectivity index (χ0n) is 21.6. The Bertz CT molecular complexity index is 1310. The molecular weight excluding hydrogens is 496 g/mol. The maximum absolute atomic E-state index is 13.7. The Kier molecular flexibility index (Phi) is 9.24. The first-order valence-electron chi connectivity index (χ1n) is 11.6. The van der Waals surface area contributed by atoms with E-state index in [0.29, 0.717) is 23.7 Å². The van der Waals surface area contributed by atoms with Crippen LogP contribution in [0.3, 0.4) is 0 Å². The lowest BCUT2D eigenvalue weighted by Gasteiger charge is -2.27. The van der Waals surface area contributed by atoms with Crippen molar-refractivity contribution in [1.82, 2.24) is 5.32 Å². The number of anilines is 1. The smallest absolute Gasteiger partial charge is 0.264 e. The Labute approximate surface area is 218 Å². The second kappa shape index (κ2) is 12.4. The molecule has 37 heavy (non-hydrogen) atoms. The molecule has 0 bridgehead atoms. The van der Waals surface area contributed by atoms with Gasteiger partial charge >= 0.3 is 0 Å². The minimum atomic E-state index is -4.13. The van der Waals surface area contributed by atoms with E-state index in [2.05, 4.69) is 5.32 Å². The molecule has 3 aromatic carbocycles. The van der Waals surface area contributed by atoms with Crippen molar-refractivity contribution < 1.29 is 32.2 Å². The van der Waals surface area contributed by atoms with E-state index >= 15 is 0 Å². The van der Waals surface area contributed by atoms with Crippen LogP contribution in [0.5, 0.6) is 23.0 Å². The number of nitrogens with one attached hydrogen (secondary N) is 1. The van der Waals surface area contributed by atoms with Gasteiger partial charge in [-0.2, -0.15) is 0 Å². The van der Waals surface area contributed by atoms with Crippen LogP contribution < -0.4 is 28.6 Å². The number of ether oxygens (including phenoxy) is 4. The highest BCUT2D eigenvalue weighted by Crippen LogP contribution is 2.36. The minimum absolute atomic E-state index is 0.0413. The van der Waals surface area contributed by atoms with Crippen LogP contribution in [0.25, 0.3) is 0 Å². The molecule has 0 heterocycles. The van der Waals surface area contributed by atoms with Crippen LogP contribution in [0.2, 0.25) is 0 Å². The SMILES string of the molecule is CCC(NC(=O)CN(c1cc(OC)ccc1OC)S(=O)(=O)c1ccccc1)c1ccc(OC)c(OC)c1. The molecule has 9 nitrogen and oxygen atoms in total. The molecule has 0 saturated heterocycles. The first-order chi connectivity index (χ1) is 17.8. The number of carbonyl (C=O) groups is 1. The van der Waals surface area contributed by atoms with Crippen molar-refractivity contribution in [3.63, 3.8) is 0 Å². The Hall–Kier alpha value is -3.92. The molecule has 0 radical (unpaired) electrons. The highest BCUT2D eigenvalue weighted by molar-refractivity contribution is 7.92. The predicted molar refractivity (Wildman–Crippen MR) is 141 cm³/mol. The average molecular weight is 529 g/mol. The van der Waals surface area contributed by atoms with Crippen LogP contribution in [0.4, 0.5) is 5.69 Å². The van der Waals surface area contributed by atoms with Crippen molar-refractivity contribution in [1.29, 1.82) is 0 Å². The van der Waals surface area contributed by atoms with E-state index in [1.54, 1.807) is 49.6 Å². The highest BCUT2D eigenvalue weighted by atomic mass is 32.2. The number of hydrogen-bond acceptors (Lipinski definition) is 7. The van der Waals surface area contributed by atoms with Gasteiger partial charge in [-0.15, -0.1) is 0 Å². The topological polar surface area (TPSA) is 103 Å². The van der Waals surface area contributed by atoms with E-state index < -0.39 is 22.5 Å². The number of carbonyl (C=O) groups excluding carboxylic acids is 1. The molecule has 10 heteroatoms. The third-order valence-electron chi connectivity index (χ3n) is 5.83. The summed E-state index contributed by atoms with van der Waals surface area (Å²) in [7, 11) is 1.86. The molecule has 0 aromatic heterocycles. The largest absolute Gasteiger partial charge is 0.497 e. The van der Waals surface area contributed by atoms with Gasteiger partial charge in [0.05, 0.1) is 45.1 Å². The molecule has 1 unspecified atom stereocenters. The van der Waals surface area contributed by atoms with E-state index in [1.165, 1.54) is 39.5 Å². The Balaban J connectivity index is 1.99. The summed E-state index contributed by atoms with van der Waals surface area (Å²) in [4.78, 5) is 13.4. The van der Waals surface area contributed by atoms with Gasteiger partial charge < -0.3 is 24.3 Å². The normalized spacial score (nSPS) is 11.8. The number of nitrogens with zero attached hydrogens (tertiary/aromatic N) is 1. The van der Waals surface area contributed by atoms with Gasteiger partial charge in [-0.3, -0.25) is 9.10 Å². The molecule has 0 aliphatic heterocycles. The fraction of sp³-hybridized carbons (Fsp3) is 0.296. The molecule has 3 aromatic rings. The summed E-state index contributed by atoms with van der Waals surface area (Å²) in [5.41, 5.74) is 0.977. The van der Waals surface area contributed by atoms with Gasteiger partial charge in [0, 0.05) is 6.07 Å². The monoisotopic (exact) mass is 528 g/mol. The van der Waals surface area contributed by atoms with E-state index in [1.807, 2.05) is 13.0 Å². The fourth-order valence-electron chi connectivity index (χ4n) is 3.87. The van der Waals surface area contributed by atoms with E-state index in [4.69, 9.17) is 18.9 Å².